The van der Waals surface area contributed by atoms with E-state index in [1.807, 2.05) is 19.9 Å². The van der Waals surface area contributed by atoms with Crippen LogP contribution in [0.4, 0.5) is 0 Å². The maximum Gasteiger partial charge on any atom is 0.182 e. The quantitative estimate of drug-likeness (QED) is 0.733. The number of thiol groups is 1. The van der Waals surface area contributed by atoms with Crippen molar-refractivity contribution in [1.29, 1.82) is 5.26 Å². The van der Waals surface area contributed by atoms with E-state index < -0.39 is 0 Å². The van der Waals surface area contributed by atoms with Crippen LogP contribution in [0.2, 0.25) is 0 Å². The van der Waals surface area contributed by atoms with Crippen LogP contribution in [0.15, 0.2) is 17.2 Å². The molecule has 0 fully saturated rings. The minimum absolute atomic E-state index is 0.0315. The van der Waals surface area contributed by atoms with Gasteiger partial charge in [0.05, 0.1) is 6.10 Å². The van der Waals surface area contributed by atoms with Crippen LogP contribution in [0.3, 0.4) is 0 Å². The van der Waals surface area contributed by atoms with E-state index in [9.17, 15) is 0 Å². The first-order chi connectivity index (χ1) is 6.13. The molecular weight excluding hydrogens is 184 g/mol. The SMILES string of the molecule is CC(C)Oc1cc(S)cnc1C#N. The predicted molar refractivity (Wildman–Crippen MR) is 52.0 cm³/mol. The molecule has 0 aliphatic heterocycles. The summed E-state index contributed by atoms with van der Waals surface area (Å²) in [6.07, 6.45) is 1.55. The highest BCUT2D eigenvalue weighted by atomic mass is 32.1. The molecule has 0 N–H and O–H groups in total. The molecule has 0 atom stereocenters. The maximum absolute atomic E-state index is 8.70. The molecule has 1 aromatic heterocycles. The number of hydrogen-bond acceptors (Lipinski definition) is 4. The standard InChI is InChI=1S/C9H10N2OS/c1-6(2)12-9-3-7(13)5-11-8(9)4-10/h3,5-6,13H,1-2H3. The Bertz CT molecular complexity index is 344. The van der Waals surface area contributed by atoms with Crippen molar-refractivity contribution in [3.8, 4) is 11.8 Å². The molecule has 1 rings (SSSR count). The smallest absolute Gasteiger partial charge is 0.182 e. The lowest BCUT2D eigenvalue weighted by Crippen LogP contribution is -2.07. The van der Waals surface area contributed by atoms with Gasteiger partial charge >= 0.3 is 0 Å². The molecule has 3 nitrogen and oxygen atoms in total. The van der Waals surface area contributed by atoms with Crippen LogP contribution in [0.25, 0.3) is 0 Å². The summed E-state index contributed by atoms with van der Waals surface area (Å²) in [7, 11) is 0. The lowest BCUT2D eigenvalue weighted by atomic mass is 10.3. The normalized spacial score (nSPS) is 9.77. The first-order valence-electron chi connectivity index (χ1n) is 3.89. The molecule has 0 aromatic carbocycles. The zero-order valence-electron chi connectivity index (χ0n) is 7.48. The highest BCUT2D eigenvalue weighted by molar-refractivity contribution is 7.80. The molecule has 0 amide bonds. The average molecular weight is 194 g/mol. The number of rotatable bonds is 2. The zero-order valence-corrected chi connectivity index (χ0v) is 8.38. The van der Waals surface area contributed by atoms with Crippen LogP contribution in [0.5, 0.6) is 5.75 Å². The van der Waals surface area contributed by atoms with Crippen molar-refractivity contribution >= 4 is 12.6 Å². The van der Waals surface area contributed by atoms with Crippen LogP contribution in [-0.2, 0) is 0 Å². The number of hydrogen-bond donors (Lipinski definition) is 1. The number of aromatic nitrogens is 1. The van der Waals surface area contributed by atoms with E-state index in [-0.39, 0.29) is 6.10 Å². The summed E-state index contributed by atoms with van der Waals surface area (Å²) >= 11 is 4.11. The van der Waals surface area contributed by atoms with Crippen molar-refractivity contribution in [3.63, 3.8) is 0 Å². The van der Waals surface area contributed by atoms with Gasteiger partial charge in [-0.3, -0.25) is 0 Å². The van der Waals surface area contributed by atoms with Gasteiger partial charge in [0, 0.05) is 11.1 Å². The van der Waals surface area contributed by atoms with Gasteiger partial charge in [-0.15, -0.1) is 12.6 Å². The summed E-state index contributed by atoms with van der Waals surface area (Å²) in [6.45, 7) is 3.79. The minimum atomic E-state index is 0.0315. The minimum Gasteiger partial charge on any atom is -0.488 e. The largest absolute Gasteiger partial charge is 0.488 e. The fourth-order valence-electron chi connectivity index (χ4n) is 0.862. The highest BCUT2D eigenvalue weighted by Gasteiger charge is 2.06. The summed E-state index contributed by atoms with van der Waals surface area (Å²) in [5.74, 6) is 0.491. The summed E-state index contributed by atoms with van der Waals surface area (Å²) in [6, 6.07) is 3.65. The van der Waals surface area contributed by atoms with Crippen LogP contribution < -0.4 is 4.74 Å². The second kappa shape index (κ2) is 4.15. The van der Waals surface area contributed by atoms with E-state index in [1.165, 1.54) is 6.20 Å². The molecule has 4 heteroatoms. The Morgan fingerprint density at radius 3 is 2.85 bits per heavy atom. The molecule has 0 spiro atoms. The third-order valence-corrected chi connectivity index (χ3v) is 1.55. The second-order valence-electron chi connectivity index (χ2n) is 2.82. The number of pyridine rings is 1. The Balaban J connectivity index is 3.03. The Kier molecular flexibility index (Phi) is 3.15. The van der Waals surface area contributed by atoms with Gasteiger partial charge < -0.3 is 4.74 Å². The van der Waals surface area contributed by atoms with Crippen molar-refractivity contribution in [2.45, 2.75) is 24.8 Å². The van der Waals surface area contributed by atoms with Gasteiger partial charge in [-0.2, -0.15) is 5.26 Å². The molecule has 0 unspecified atom stereocenters. The fourth-order valence-corrected chi connectivity index (χ4v) is 1.04. The molecule has 0 saturated heterocycles. The monoisotopic (exact) mass is 194 g/mol. The Labute approximate surface area is 82.8 Å². The van der Waals surface area contributed by atoms with Crippen LogP contribution in [-0.4, -0.2) is 11.1 Å². The third kappa shape index (κ3) is 2.63. The Morgan fingerprint density at radius 1 is 1.62 bits per heavy atom. The summed E-state index contributed by atoms with van der Waals surface area (Å²) in [5.41, 5.74) is 0.298. The van der Waals surface area contributed by atoms with Crippen LogP contribution in [0, 0.1) is 11.3 Å². The Morgan fingerprint density at radius 2 is 2.31 bits per heavy atom. The molecule has 0 bridgehead atoms. The topological polar surface area (TPSA) is 45.9 Å². The van der Waals surface area contributed by atoms with Crippen LogP contribution in [0.1, 0.15) is 19.5 Å². The van der Waals surface area contributed by atoms with Crippen molar-refractivity contribution in [3.05, 3.63) is 18.0 Å². The molecule has 0 radical (unpaired) electrons. The molecular formula is C9H10N2OS. The van der Waals surface area contributed by atoms with Gasteiger partial charge in [0.15, 0.2) is 11.4 Å². The molecule has 1 aromatic rings. The molecule has 0 saturated carbocycles. The molecule has 1 heterocycles. The highest BCUT2D eigenvalue weighted by Crippen LogP contribution is 2.20. The average Bonchev–Trinajstić information content (AvgIpc) is 2.03. The van der Waals surface area contributed by atoms with E-state index in [4.69, 9.17) is 10.00 Å². The van der Waals surface area contributed by atoms with E-state index in [2.05, 4.69) is 17.6 Å². The molecule has 13 heavy (non-hydrogen) atoms. The molecule has 68 valence electrons. The first-order valence-corrected chi connectivity index (χ1v) is 4.34. The van der Waals surface area contributed by atoms with Gasteiger partial charge in [0.1, 0.15) is 6.07 Å². The zero-order chi connectivity index (χ0) is 9.84. The molecule has 0 aliphatic rings. The number of ether oxygens (including phenoxy) is 1. The van der Waals surface area contributed by atoms with Gasteiger partial charge in [0.25, 0.3) is 0 Å². The summed E-state index contributed by atoms with van der Waals surface area (Å²) in [4.78, 5) is 4.58. The molecule has 0 aliphatic carbocycles. The maximum atomic E-state index is 8.70. The fraction of sp³-hybridized carbons (Fsp3) is 0.333. The van der Waals surface area contributed by atoms with Crippen molar-refractivity contribution in [1.82, 2.24) is 4.98 Å². The summed E-state index contributed by atoms with van der Waals surface area (Å²) < 4.78 is 5.38. The van der Waals surface area contributed by atoms with Crippen molar-refractivity contribution in [2.75, 3.05) is 0 Å². The van der Waals surface area contributed by atoms with E-state index >= 15 is 0 Å². The van der Waals surface area contributed by atoms with E-state index in [0.29, 0.717) is 16.3 Å². The van der Waals surface area contributed by atoms with Crippen molar-refractivity contribution in [2.24, 2.45) is 0 Å². The lowest BCUT2D eigenvalue weighted by Gasteiger charge is -2.10. The number of nitriles is 1. The van der Waals surface area contributed by atoms with Gasteiger partial charge in [0.2, 0.25) is 0 Å². The van der Waals surface area contributed by atoms with E-state index in [1.54, 1.807) is 6.07 Å². The van der Waals surface area contributed by atoms with Gasteiger partial charge in [-0.05, 0) is 19.9 Å². The van der Waals surface area contributed by atoms with Crippen molar-refractivity contribution < 1.29 is 4.74 Å². The Hall–Kier alpha value is -1.21. The number of nitrogens with zero attached hydrogens (tertiary/aromatic N) is 2. The van der Waals surface area contributed by atoms with E-state index in [0.717, 1.165) is 0 Å². The predicted octanol–water partition coefficient (Wildman–Crippen LogP) is 2.03. The first kappa shape index (κ1) is 9.87. The lowest BCUT2D eigenvalue weighted by molar-refractivity contribution is 0.240. The third-order valence-electron chi connectivity index (χ3n) is 1.31. The van der Waals surface area contributed by atoms with Gasteiger partial charge in [-0.1, -0.05) is 0 Å². The van der Waals surface area contributed by atoms with Gasteiger partial charge in [-0.25, -0.2) is 4.98 Å². The summed E-state index contributed by atoms with van der Waals surface area (Å²) in [5, 5.41) is 8.70. The van der Waals surface area contributed by atoms with Crippen LogP contribution >= 0.6 is 12.6 Å². The second-order valence-corrected chi connectivity index (χ2v) is 3.34.